The number of aldehydes is 1. The fraction of sp³-hybridized carbons (Fsp3) is 0.182. The molecule has 2 nitrogen and oxygen atoms in total. The third kappa shape index (κ3) is 3.94. The van der Waals surface area contributed by atoms with Gasteiger partial charge in [0.2, 0.25) is 0 Å². The molecular weight excluding hydrogens is 235 g/mol. The minimum Gasteiger partial charge on any atom is -0.488 e. The summed E-state index contributed by atoms with van der Waals surface area (Å²) in [4.78, 5) is 10.3. The van der Waals surface area contributed by atoms with E-state index in [0.29, 0.717) is 28.0 Å². The van der Waals surface area contributed by atoms with E-state index >= 15 is 0 Å². The van der Waals surface area contributed by atoms with Crippen LogP contribution in [-0.2, 0) is 4.79 Å². The van der Waals surface area contributed by atoms with Crippen molar-refractivity contribution >= 4 is 29.5 Å². The Balaban J connectivity index is 2.62. The van der Waals surface area contributed by atoms with Crippen molar-refractivity contribution in [3.8, 4) is 5.75 Å². The number of ether oxygens (including phenoxy) is 1. The number of hydrogen-bond donors (Lipinski definition) is 0. The van der Waals surface area contributed by atoms with Crippen molar-refractivity contribution in [2.24, 2.45) is 0 Å². The van der Waals surface area contributed by atoms with Crippen molar-refractivity contribution in [1.29, 1.82) is 0 Å². The van der Waals surface area contributed by atoms with Crippen LogP contribution in [0.4, 0.5) is 0 Å². The average molecular weight is 245 g/mol. The minimum absolute atomic E-state index is 0.311. The van der Waals surface area contributed by atoms with E-state index < -0.39 is 0 Å². The van der Waals surface area contributed by atoms with Crippen molar-refractivity contribution in [1.82, 2.24) is 0 Å². The van der Waals surface area contributed by atoms with Crippen LogP contribution in [0.3, 0.4) is 0 Å². The van der Waals surface area contributed by atoms with Crippen LogP contribution in [-0.4, -0.2) is 12.9 Å². The Morgan fingerprint density at radius 3 is 2.80 bits per heavy atom. The predicted molar refractivity (Wildman–Crippen MR) is 61.8 cm³/mol. The molecule has 0 aliphatic heterocycles. The maximum atomic E-state index is 10.3. The van der Waals surface area contributed by atoms with Gasteiger partial charge in [0.05, 0.1) is 5.02 Å². The van der Waals surface area contributed by atoms with Gasteiger partial charge >= 0.3 is 0 Å². The van der Waals surface area contributed by atoms with Gasteiger partial charge in [0.15, 0.2) is 0 Å². The summed E-state index contributed by atoms with van der Waals surface area (Å²) in [6, 6.07) is 4.99. The van der Waals surface area contributed by atoms with E-state index in [0.717, 1.165) is 6.29 Å². The van der Waals surface area contributed by atoms with Gasteiger partial charge in [0.1, 0.15) is 18.6 Å². The molecule has 0 fully saturated rings. The molecule has 0 aliphatic rings. The molecule has 0 aromatic heterocycles. The summed E-state index contributed by atoms with van der Waals surface area (Å²) >= 11 is 11.6. The van der Waals surface area contributed by atoms with E-state index in [-0.39, 0.29) is 0 Å². The summed E-state index contributed by atoms with van der Waals surface area (Å²) < 4.78 is 5.34. The van der Waals surface area contributed by atoms with Gasteiger partial charge < -0.3 is 4.74 Å². The zero-order chi connectivity index (χ0) is 11.3. The van der Waals surface area contributed by atoms with Gasteiger partial charge in [-0.25, -0.2) is 0 Å². The van der Waals surface area contributed by atoms with E-state index in [2.05, 4.69) is 0 Å². The molecule has 4 heteroatoms. The molecular formula is C11H10Cl2O2. The quantitative estimate of drug-likeness (QED) is 0.599. The lowest BCUT2D eigenvalue weighted by molar-refractivity contribution is -0.104. The highest BCUT2D eigenvalue weighted by molar-refractivity contribution is 6.35. The first-order chi connectivity index (χ1) is 7.13. The number of halogens is 2. The van der Waals surface area contributed by atoms with Crippen molar-refractivity contribution in [2.45, 2.75) is 6.92 Å². The second-order valence-corrected chi connectivity index (χ2v) is 3.80. The second kappa shape index (κ2) is 5.79. The third-order valence-corrected chi connectivity index (χ3v) is 2.25. The first-order valence-corrected chi connectivity index (χ1v) is 5.09. The van der Waals surface area contributed by atoms with Crippen LogP contribution in [0.2, 0.25) is 10.0 Å². The first-order valence-electron chi connectivity index (χ1n) is 4.33. The number of benzene rings is 1. The van der Waals surface area contributed by atoms with Crippen LogP contribution >= 0.6 is 23.2 Å². The Morgan fingerprint density at radius 2 is 2.20 bits per heavy atom. The average Bonchev–Trinajstić information content (AvgIpc) is 2.21. The molecule has 0 saturated carbocycles. The fourth-order valence-electron chi connectivity index (χ4n) is 0.903. The monoisotopic (exact) mass is 244 g/mol. The molecule has 0 radical (unpaired) electrons. The number of carbonyl (C=O) groups excluding carboxylic acids is 1. The molecule has 1 aromatic carbocycles. The molecule has 0 N–H and O–H groups in total. The first kappa shape index (κ1) is 12.1. The molecule has 0 bridgehead atoms. The van der Waals surface area contributed by atoms with Crippen LogP contribution in [0.15, 0.2) is 29.8 Å². The summed E-state index contributed by atoms with van der Waals surface area (Å²) in [5.41, 5.74) is 0.625. The molecule has 0 spiro atoms. The summed E-state index contributed by atoms with van der Waals surface area (Å²) in [6.07, 6.45) is 2.45. The Bertz CT molecular complexity index is 386. The number of hydrogen-bond acceptors (Lipinski definition) is 2. The molecule has 0 aliphatic carbocycles. The van der Waals surface area contributed by atoms with Crippen LogP contribution in [0.1, 0.15) is 6.92 Å². The molecule has 0 heterocycles. The highest BCUT2D eigenvalue weighted by atomic mass is 35.5. The van der Waals surface area contributed by atoms with Crippen LogP contribution in [0.25, 0.3) is 0 Å². The predicted octanol–water partition coefficient (Wildman–Crippen LogP) is 3.52. The molecule has 15 heavy (non-hydrogen) atoms. The smallest absolute Gasteiger partial charge is 0.145 e. The SMILES string of the molecule is C/C(C=O)=C\COc1ccc(Cl)cc1Cl. The lowest BCUT2D eigenvalue weighted by atomic mass is 10.3. The van der Waals surface area contributed by atoms with Crippen LogP contribution in [0, 0.1) is 0 Å². The summed E-state index contributed by atoms with van der Waals surface area (Å²) in [5.74, 6) is 0.552. The third-order valence-electron chi connectivity index (χ3n) is 1.72. The van der Waals surface area contributed by atoms with Crippen LogP contribution < -0.4 is 4.74 Å². The summed E-state index contributed by atoms with van der Waals surface area (Å²) in [5, 5.41) is 1.02. The summed E-state index contributed by atoms with van der Waals surface area (Å²) in [7, 11) is 0. The van der Waals surface area contributed by atoms with E-state index in [1.54, 1.807) is 31.2 Å². The fourth-order valence-corrected chi connectivity index (χ4v) is 1.37. The van der Waals surface area contributed by atoms with Crippen molar-refractivity contribution in [3.63, 3.8) is 0 Å². The van der Waals surface area contributed by atoms with E-state index in [9.17, 15) is 4.79 Å². The Morgan fingerprint density at radius 1 is 1.47 bits per heavy atom. The maximum Gasteiger partial charge on any atom is 0.145 e. The van der Waals surface area contributed by atoms with Gasteiger partial charge in [-0.3, -0.25) is 4.79 Å². The molecule has 1 rings (SSSR count). The highest BCUT2D eigenvalue weighted by Gasteiger charge is 2.00. The molecule has 0 amide bonds. The van der Waals surface area contributed by atoms with Gasteiger partial charge in [0.25, 0.3) is 0 Å². The molecule has 0 unspecified atom stereocenters. The molecule has 0 atom stereocenters. The maximum absolute atomic E-state index is 10.3. The van der Waals surface area contributed by atoms with Gasteiger partial charge in [0, 0.05) is 5.02 Å². The lowest BCUT2D eigenvalue weighted by Crippen LogP contribution is -1.95. The normalized spacial score (nSPS) is 11.3. The van der Waals surface area contributed by atoms with Gasteiger partial charge in [-0.15, -0.1) is 0 Å². The van der Waals surface area contributed by atoms with Gasteiger partial charge in [-0.1, -0.05) is 23.2 Å². The van der Waals surface area contributed by atoms with Crippen molar-refractivity contribution in [3.05, 3.63) is 39.9 Å². The second-order valence-electron chi connectivity index (χ2n) is 2.95. The molecule has 1 aromatic rings. The topological polar surface area (TPSA) is 26.3 Å². The Labute approximate surface area is 98.4 Å². The lowest BCUT2D eigenvalue weighted by Gasteiger charge is -2.05. The van der Waals surface area contributed by atoms with Crippen LogP contribution in [0.5, 0.6) is 5.75 Å². The van der Waals surface area contributed by atoms with Crippen molar-refractivity contribution in [2.75, 3.05) is 6.61 Å². The zero-order valence-corrected chi connectivity index (χ0v) is 9.68. The minimum atomic E-state index is 0.311. The Kier molecular flexibility index (Phi) is 4.66. The molecule has 0 saturated heterocycles. The van der Waals surface area contributed by atoms with Gasteiger partial charge in [-0.2, -0.15) is 0 Å². The van der Waals surface area contributed by atoms with E-state index in [4.69, 9.17) is 27.9 Å². The largest absolute Gasteiger partial charge is 0.488 e. The number of allylic oxidation sites excluding steroid dienone is 1. The number of carbonyl (C=O) groups is 1. The van der Waals surface area contributed by atoms with E-state index in [1.165, 1.54) is 0 Å². The summed E-state index contributed by atoms with van der Waals surface area (Å²) in [6.45, 7) is 2.02. The highest BCUT2D eigenvalue weighted by Crippen LogP contribution is 2.27. The zero-order valence-electron chi connectivity index (χ0n) is 8.17. The molecule has 80 valence electrons. The Hall–Kier alpha value is -0.990. The standard InChI is InChI=1S/C11H10Cl2O2/c1-8(7-14)4-5-15-11-3-2-9(12)6-10(11)13/h2-4,6-7H,5H2,1H3/b8-4+. The van der Waals surface area contributed by atoms with Gasteiger partial charge in [-0.05, 0) is 36.8 Å². The van der Waals surface area contributed by atoms with Crippen molar-refractivity contribution < 1.29 is 9.53 Å². The number of rotatable bonds is 4. The van der Waals surface area contributed by atoms with E-state index in [1.807, 2.05) is 0 Å².